The second-order valence-corrected chi connectivity index (χ2v) is 3.46. The van der Waals surface area contributed by atoms with Crippen LogP contribution in [0.15, 0.2) is 18.2 Å². The lowest BCUT2D eigenvalue weighted by atomic mass is 10.1. The van der Waals surface area contributed by atoms with Crippen LogP contribution in [-0.4, -0.2) is 15.5 Å². The number of aliphatic hydroxyl groups excluding tert-OH is 1. The van der Waals surface area contributed by atoms with Crippen molar-refractivity contribution in [2.24, 2.45) is 0 Å². The second-order valence-electron chi connectivity index (χ2n) is 2.37. The molecule has 66 valence electrons. The van der Waals surface area contributed by atoms with E-state index < -0.39 is 6.10 Å². The fourth-order valence-corrected chi connectivity index (χ4v) is 1.40. The molecule has 0 heterocycles. The van der Waals surface area contributed by atoms with Crippen molar-refractivity contribution in [1.82, 2.24) is 0 Å². The van der Waals surface area contributed by atoms with Gasteiger partial charge in [0.15, 0.2) is 0 Å². The van der Waals surface area contributed by atoms with E-state index in [1.165, 1.54) is 6.07 Å². The molecule has 0 radical (unpaired) electrons. The largest absolute Gasteiger partial charge is 0.508 e. The zero-order valence-corrected chi connectivity index (χ0v) is 8.51. The van der Waals surface area contributed by atoms with E-state index in [0.29, 0.717) is 15.9 Å². The van der Waals surface area contributed by atoms with Gasteiger partial charge in [-0.25, -0.2) is 0 Å². The van der Waals surface area contributed by atoms with Crippen molar-refractivity contribution in [3.63, 3.8) is 0 Å². The standard InChI is InChI=1S/C8H8BrClO2/c9-4-8(12)6-2-1-5(10)3-7(6)11/h1-3,8,11-12H,4H2. The number of benzene rings is 1. The summed E-state index contributed by atoms with van der Waals surface area (Å²) in [6.07, 6.45) is -0.692. The Bertz CT molecular complexity index is 278. The van der Waals surface area contributed by atoms with Crippen molar-refractivity contribution >= 4 is 27.5 Å². The average Bonchev–Trinajstić information content (AvgIpc) is 2.03. The van der Waals surface area contributed by atoms with E-state index in [-0.39, 0.29) is 5.75 Å². The van der Waals surface area contributed by atoms with E-state index >= 15 is 0 Å². The normalized spacial score (nSPS) is 12.9. The van der Waals surface area contributed by atoms with E-state index in [1.54, 1.807) is 12.1 Å². The molecule has 0 saturated heterocycles. The second kappa shape index (κ2) is 4.12. The molecule has 0 aliphatic heterocycles. The van der Waals surface area contributed by atoms with Crippen molar-refractivity contribution < 1.29 is 10.2 Å². The first-order valence-electron chi connectivity index (χ1n) is 3.37. The van der Waals surface area contributed by atoms with Crippen molar-refractivity contribution in [2.45, 2.75) is 6.10 Å². The summed E-state index contributed by atoms with van der Waals surface area (Å²) in [7, 11) is 0. The molecule has 2 nitrogen and oxygen atoms in total. The monoisotopic (exact) mass is 250 g/mol. The van der Waals surface area contributed by atoms with E-state index in [2.05, 4.69) is 15.9 Å². The lowest BCUT2D eigenvalue weighted by Crippen LogP contribution is -1.98. The number of halogens is 2. The highest BCUT2D eigenvalue weighted by molar-refractivity contribution is 9.09. The van der Waals surface area contributed by atoms with Crippen LogP contribution in [-0.2, 0) is 0 Å². The third kappa shape index (κ3) is 2.12. The number of alkyl halides is 1. The Hall–Kier alpha value is -0.250. The Balaban J connectivity index is 3.01. The van der Waals surface area contributed by atoms with Crippen LogP contribution in [0.3, 0.4) is 0 Å². The molecular formula is C8H8BrClO2. The first-order chi connectivity index (χ1) is 5.65. The van der Waals surface area contributed by atoms with Gasteiger partial charge in [0, 0.05) is 15.9 Å². The van der Waals surface area contributed by atoms with Gasteiger partial charge in [0.2, 0.25) is 0 Å². The highest BCUT2D eigenvalue weighted by Gasteiger charge is 2.10. The van der Waals surface area contributed by atoms with Gasteiger partial charge in [-0.15, -0.1) is 0 Å². The molecule has 0 bridgehead atoms. The van der Waals surface area contributed by atoms with Crippen LogP contribution in [0.1, 0.15) is 11.7 Å². The minimum Gasteiger partial charge on any atom is -0.508 e. The van der Waals surface area contributed by atoms with Gasteiger partial charge < -0.3 is 10.2 Å². The Kier molecular flexibility index (Phi) is 3.38. The molecule has 1 unspecified atom stereocenters. The Morgan fingerprint density at radius 3 is 2.67 bits per heavy atom. The molecular weight excluding hydrogens is 243 g/mol. The average molecular weight is 252 g/mol. The zero-order chi connectivity index (χ0) is 9.14. The molecule has 0 aromatic heterocycles. The third-order valence-corrected chi connectivity index (χ3v) is 2.35. The van der Waals surface area contributed by atoms with Gasteiger partial charge >= 0.3 is 0 Å². The summed E-state index contributed by atoms with van der Waals surface area (Å²) in [6.45, 7) is 0. The number of phenolic OH excluding ortho intramolecular Hbond substituents is 1. The minimum absolute atomic E-state index is 0.0226. The van der Waals surface area contributed by atoms with Crippen LogP contribution in [0.5, 0.6) is 5.75 Å². The van der Waals surface area contributed by atoms with E-state index in [4.69, 9.17) is 11.6 Å². The van der Waals surface area contributed by atoms with Crippen LogP contribution in [0.2, 0.25) is 5.02 Å². The summed E-state index contributed by atoms with van der Waals surface area (Å²) < 4.78 is 0. The smallest absolute Gasteiger partial charge is 0.122 e. The third-order valence-electron chi connectivity index (χ3n) is 1.50. The summed E-state index contributed by atoms with van der Waals surface area (Å²) >= 11 is 8.72. The summed E-state index contributed by atoms with van der Waals surface area (Å²) in [5.74, 6) is 0.0226. The number of hydrogen-bond donors (Lipinski definition) is 2. The predicted molar refractivity (Wildman–Crippen MR) is 51.9 cm³/mol. The highest BCUT2D eigenvalue weighted by atomic mass is 79.9. The molecule has 1 aromatic rings. The zero-order valence-electron chi connectivity index (χ0n) is 6.17. The van der Waals surface area contributed by atoms with Gasteiger partial charge in [0.05, 0.1) is 6.10 Å². The molecule has 4 heteroatoms. The SMILES string of the molecule is Oc1cc(Cl)ccc1C(O)CBr. The fraction of sp³-hybridized carbons (Fsp3) is 0.250. The van der Waals surface area contributed by atoms with Gasteiger partial charge in [0.1, 0.15) is 5.75 Å². The molecule has 12 heavy (non-hydrogen) atoms. The molecule has 0 aliphatic rings. The van der Waals surface area contributed by atoms with Crippen LogP contribution in [0.25, 0.3) is 0 Å². The lowest BCUT2D eigenvalue weighted by molar-refractivity contribution is 0.201. The summed E-state index contributed by atoms with van der Waals surface area (Å²) in [5, 5.41) is 19.5. The van der Waals surface area contributed by atoms with Crippen molar-refractivity contribution in [2.75, 3.05) is 5.33 Å². The Morgan fingerprint density at radius 2 is 2.17 bits per heavy atom. The molecule has 0 aliphatic carbocycles. The van der Waals surface area contributed by atoms with Crippen LogP contribution >= 0.6 is 27.5 Å². The Morgan fingerprint density at radius 1 is 1.50 bits per heavy atom. The van der Waals surface area contributed by atoms with E-state index in [9.17, 15) is 10.2 Å². The lowest BCUT2D eigenvalue weighted by Gasteiger charge is -2.08. The molecule has 0 spiro atoms. The van der Waals surface area contributed by atoms with E-state index in [0.717, 1.165) is 0 Å². The molecule has 0 fully saturated rings. The first-order valence-corrected chi connectivity index (χ1v) is 4.87. The summed E-state index contributed by atoms with van der Waals surface area (Å²) in [4.78, 5) is 0. The van der Waals surface area contributed by atoms with Gasteiger partial charge in [0.25, 0.3) is 0 Å². The number of rotatable bonds is 2. The number of aromatic hydroxyl groups is 1. The Labute approximate surface area is 83.9 Å². The predicted octanol–water partition coefficient (Wildman–Crippen LogP) is 2.47. The van der Waals surface area contributed by atoms with Crippen molar-refractivity contribution in [3.8, 4) is 5.75 Å². The van der Waals surface area contributed by atoms with Crippen LogP contribution in [0.4, 0.5) is 0 Å². The number of phenols is 1. The van der Waals surface area contributed by atoms with Gasteiger partial charge in [-0.05, 0) is 12.1 Å². The molecule has 1 atom stereocenters. The first kappa shape index (κ1) is 9.84. The van der Waals surface area contributed by atoms with E-state index in [1.807, 2.05) is 0 Å². The maximum absolute atomic E-state index is 9.35. The molecule has 0 saturated carbocycles. The minimum atomic E-state index is -0.692. The fourth-order valence-electron chi connectivity index (χ4n) is 0.882. The van der Waals surface area contributed by atoms with Crippen molar-refractivity contribution in [3.05, 3.63) is 28.8 Å². The van der Waals surface area contributed by atoms with Gasteiger partial charge in [-0.1, -0.05) is 33.6 Å². The van der Waals surface area contributed by atoms with Gasteiger partial charge in [-0.3, -0.25) is 0 Å². The number of aliphatic hydroxyl groups is 1. The quantitative estimate of drug-likeness (QED) is 0.793. The summed E-state index contributed by atoms with van der Waals surface area (Å²) in [5.41, 5.74) is 0.483. The highest BCUT2D eigenvalue weighted by Crippen LogP contribution is 2.27. The topological polar surface area (TPSA) is 40.5 Å². The maximum Gasteiger partial charge on any atom is 0.122 e. The molecule has 1 aromatic carbocycles. The molecule has 2 N–H and O–H groups in total. The van der Waals surface area contributed by atoms with Crippen LogP contribution < -0.4 is 0 Å². The summed E-state index contributed by atoms with van der Waals surface area (Å²) in [6, 6.07) is 4.63. The van der Waals surface area contributed by atoms with Gasteiger partial charge in [-0.2, -0.15) is 0 Å². The molecule has 1 rings (SSSR count). The van der Waals surface area contributed by atoms with Crippen LogP contribution in [0, 0.1) is 0 Å². The number of hydrogen-bond acceptors (Lipinski definition) is 2. The maximum atomic E-state index is 9.35. The van der Waals surface area contributed by atoms with Crippen molar-refractivity contribution in [1.29, 1.82) is 0 Å². The molecule has 0 amide bonds.